The highest BCUT2D eigenvalue weighted by atomic mass is 19.1. The summed E-state index contributed by atoms with van der Waals surface area (Å²) in [7, 11) is 0. The standard InChI is InChI=1S/C11H14FN/c1-3-5-11(13)9-6-4-7-10(12)8(9)2/h3-4,6-7,11H,1,5,13H2,2H3/t11-/m0/s1. The maximum Gasteiger partial charge on any atom is 0.126 e. The van der Waals surface area contributed by atoms with Crippen molar-refractivity contribution in [1.82, 2.24) is 0 Å². The normalized spacial score (nSPS) is 12.5. The van der Waals surface area contributed by atoms with Crippen LogP contribution in [0.4, 0.5) is 4.39 Å². The van der Waals surface area contributed by atoms with Crippen LogP contribution >= 0.6 is 0 Å². The third-order valence-corrected chi connectivity index (χ3v) is 2.13. The summed E-state index contributed by atoms with van der Waals surface area (Å²) < 4.78 is 13.1. The Balaban J connectivity index is 3.00. The van der Waals surface area contributed by atoms with Crippen molar-refractivity contribution in [3.05, 3.63) is 47.8 Å². The highest BCUT2D eigenvalue weighted by Crippen LogP contribution is 2.20. The van der Waals surface area contributed by atoms with Crippen molar-refractivity contribution < 1.29 is 4.39 Å². The van der Waals surface area contributed by atoms with E-state index in [1.165, 1.54) is 6.07 Å². The second-order valence-corrected chi connectivity index (χ2v) is 3.08. The molecular weight excluding hydrogens is 165 g/mol. The van der Waals surface area contributed by atoms with Crippen LogP contribution in [-0.4, -0.2) is 0 Å². The summed E-state index contributed by atoms with van der Waals surface area (Å²) >= 11 is 0. The molecule has 0 aliphatic carbocycles. The van der Waals surface area contributed by atoms with E-state index in [4.69, 9.17) is 5.73 Å². The van der Waals surface area contributed by atoms with Crippen LogP contribution in [0.25, 0.3) is 0 Å². The molecule has 0 bridgehead atoms. The molecule has 0 aromatic heterocycles. The topological polar surface area (TPSA) is 26.0 Å². The third kappa shape index (κ3) is 2.16. The van der Waals surface area contributed by atoms with Crippen molar-refractivity contribution in [2.75, 3.05) is 0 Å². The molecule has 1 aromatic rings. The molecule has 2 N–H and O–H groups in total. The largest absolute Gasteiger partial charge is 0.324 e. The van der Waals surface area contributed by atoms with Crippen molar-refractivity contribution in [3.8, 4) is 0 Å². The SMILES string of the molecule is C=CC[C@H](N)c1cccc(F)c1C. The van der Waals surface area contributed by atoms with Crippen molar-refractivity contribution in [2.45, 2.75) is 19.4 Å². The first-order valence-corrected chi connectivity index (χ1v) is 4.28. The van der Waals surface area contributed by atoms with Gasteiger partial charge in [0.15, 0.2) is 0 Å². The van der Waals surface area contributed by atoms with Gasteiger partial charge in [-0.3, -0.25) is 0 Å². The van der Waals surface area contributed by atoms with Crippen LogP contribution in [0, 0.1) is 12.7 Å². The number of rotatable bonds is 3. The van der Waals surface area contributed by atoms with Gasteiger partial charge in [0.2, 0.25) is 0 Å². The van der Waals surface area contributed by atoms with E-state index >= 15 is 0 Å². The lowest BCUT2D eigenvalue weighted by Crippen LogP contribution is -2.11. The summed E-state index contributed by atoms with van der Waals surface area (Å²) in [6.45, 7) is 5.35. The molecule has 2 heteroatoms. The monoisotopic (exact) mass is 179 g/mol. The van der Waals surface area contributed by atoms with Gasteiger partial charge < -0.3 is 5.73 Å². The highest BCUT2D eigenvalue weighted by molar-refractivity contribution is 5.30. The van der Waals surface area contributed by atoms with Crippen LogP contribution in [0.2, 0.25) is 0 Å². The second-order valence-electron chi connectivity index (χ2n) is 3.08. The van der Waals surface area contributed by atoms with Gasteiger partial charge in [-0.25, -0.2) is 4.39 Å². The van der Waals surface area contributed by atoms with E-state index in [1.54, 1.807) is 19.1 Å². The van der Waals surface area contributed by atoms with E-state index in [1.807, 2.05) is 6.07 Å². The Morgan fingerprint density at radius 1 is 1.62 bits per heavy atom. The summed E-state index contributed by atoms with van der Waals surface area (Å²) in [5.74, 6) is -0.197. The maximum atomic E-state index is 13.1. The van der Waals surface area contributed by atoms with E-state index in [9.17, 15) is 4.39 Å². The molecule has 0 aliphatic heterocycles. The first kappa shape index (κ1) is 9.93. The average molecular weight is 179 g/mol. The summed E-state index contributed by atoms with van der Waals surface area (Å²) in [6, 6.07) is 4.83. The van der Waals surface area contributed by atoms with Crippen molar-refractivity contribution in [1.29, 1.82) is 0 Å². The van der Waals surface area contributed by atoms with Gasteiger partial charge in [-0.1, -0.05) is 18.2 Å². The molecule has 1 atom stereocenters. The van der Waals surface area contributed by atoms with Crippen LogP contribution in [0.1, 0.15) is 23.6 Å². The number of benzene rings is 1. The Hall–Kier alpha value is -1.15. The van der Waals surface area contributed by atoms with Crippen LogP contribution in [-0.2, 0) is 0 Å². The van der Waals surface area contributed by atoms with E-state index in [-0.39, 0.29) is 11.9 Å². The van der Waals surface area contributed by atoms with Gasteiger partial charge in [0.05, 0.1) is 0 Å². The van der Waals surface area contributed by atoms with Crippen molar-refractivity contribution >= 4 is 0 Å². The number of hydrogen-bond donors (Lipinski definition) is 1. The molecule has 1 rings (SSSR count). The van der Waals surface area contributed by atoms with Gasteiger partial charge in [0, 0.05) is 6.04 Å². The van der Waals surface area contributed by atoms with Gasteiger partial charge in [0.1, 0.15) is 5.82 Å². The Labute approximate surface area is 78.1 Å². The molecule has 0 amide bonds. The quantitative estimate of drug-likeness (QED) is 0.709. The third-order valence-electron chi connectivity index (χ3n) is 2.13. The van der Waals surface area contributed by atoms with Crippen LogP contribution in [0.15, 0.2) is 30.9 Å². The van der Waals surface area contributed by atoms with E-state index < -0.39 is 0 Å². The van der Waals surface area contributed by atoms with Crippen molar-refractivity contribution in [2.24, 2.45) is 5.73 Å². The molecule has 0 spiro atoms. The summed E-state index contributed by atoms with van der Waals surface area (Å²) in [5.41, 5.74) is 7.33. The molecule has 0 heterocycles. The van der Waals surface area contributed by atoms with Crippen molar-refractivity contribution in [3.63, 3.8) is 0 Å². The fraction of sp³-hybridized carbons (Fsp3) is 0.273. The minimum atomic E-state index is -0.197. The molecule has 1 nitrogen and oxygen atoms in total. The Morgan fingerprint density at radius 3 is 2.92 bits per heavy atom. The molecule has 0 saturated heterocycles. The van der Waals surface area contributed by atoms with Gasteiger partial charge in [0.25, 0.3) is 0 Å². The predicted molar refractivity (Wildman–Crippen MR) is 52.9 cm³/mol. The van der Waals surface area contributed by atoms with Gasteiger partial charge in [-0.15, -0.1) is 6.58 Å². The molecule has 0 saturated carbocycles. The van der Waals surface area contributed by atoms with Gasteiger partial charge >= 0.3 is 0 Å². The number of halogens is 1. The van der Waals surface area contributed by atoms with Crippen LogP contribution in [0.5, 0.6) is 0 Å². The molecule has 0 radical (unpaired) electrons. The fourth-order valence-electron chi connectivity index (χ4n) is 1.33. The molecule has 0 fully saturated rings. The molecule has 1 aromatic carbocycles. The first-order chi connectivity index (χ1) is 6.16. The summed E-state index contributed by atoms with van der Waals surface area (Å²) in [6.07, 6.45) is 2.42. The zero-order valence-corrected chi connectivity index (χ0v) is 7.76. The Kier molecular flexibility index (Phi) is 3.20. The molecule has 0 unspecified atom stereocenters. The van der Waals surface area contributed by atoms with Crippen LogP contribution in [0.3, 0.4) is 0 Å². The Bertz CT molecular complexity index is 307. The molecular formula is C11H14FN. The fourth-order valence-corrected chi connectivity index (χ4v) is 1.33. The minimum Gasteiger partial charge on any atom is -0.324 e. The lowest BCUT2D eigenvalue weighted by atomic mass is 9.99. The lowest BCUT2D eigenvalue weighted by molar-refractivity contribution is 0.608. The smallest absolute Gasteiger partial charge is 0.126 e. The average Bonchev–Trinajstić information content (AvgIpc) is 2.10. The molecule has 13 heavy (non-hydrogen) atoms. The Morgan fingerprint density at radius 2 is 2.31 bits per heavy atom. The van der Waals surface area contributed by atoms with E-state index in [0.29, 0.717) is 12.0 Å². The lowest BCUT2D eigenvalue weighted by Gasteiger charge is -2.12. The number of nitrogens with two attached hydrogens (primary N) is 1. The van der Waals surface area contributed by atoms with E-state index in [0.717, 1.165) is 5.56 Å². The van der Waals surface area contributed by atoms with Gasteiger partial charge in [-0.05, 0) is 30.5 Å². The summed E-state index contributed by atoms with van der Waals surface area (Å²) in [5, 5.41) is 0. The number of hydrogen-bond acceptors (Lipinski definition) is 1. The zero-order valence-electron chi connectivity index (χ0n) is 7.76. The zero-order chi connectivity index (χ0) is 9.84. The predicted octanol–water partition coefficient (Wildman–Crippen LogP) is 2.71. The second kappa shape index (κ2) is 4.19. The molecule has 0 aliphatic rings. The molecule has 70 valence electrons. The first-order valence-electron chi connectivity index (χ1n) is 4.28. The highest BCUT2D eigenvalue weighted by Gasteiger charge is 2.09. The summed E-state index contributed by atoms with van der Waals surface area (Å²) in [4.78, 5) is 0. The van der Waals surface area contributed by atoms with Crippen LogP contribution < -0.4 is 5.73 Å². The maximum absolute atomic E-state index is 13.1. The van der Waals surface area contributed by atoms with Gasteiger partial charge in [-0.2, -0.15) is 0 Å². The van der Waals surface area contributed by atoms with E-state index in [2.05, 4.69) is 6.58 Å². The minimum absolute atomic E-state index is 0.145.